The fourth-order valence-electron chi connectivity index (χ4n) is 7.47. The summed E-state index contributed by atoms with van der Waals surface area (Å²) in [5, 5.41) is 32.7. The lowest BCUT2D eigenvalue weighted by Crippen LogP contribution is -2.40. The standard InChI is InChI=1S/2C17H18ClN3O2.C6H7BrN2O.C6H7BrN2/c1-9-8-13(18)19-11-5-6-17(3,15(22)14(9)11)12-7-10(2)16(23-4)21-20-12;1-9-7-12(18)19-11-5-6-17(3,16(22)14(9)11)15-10(2)8-13(23-4)20-21-15;1-4-3-5(10-2)8-9-6(4)7;1-4-3-6(7)9-8-5(4)2/h2*7-8H,5-6H2,1-4H3;3H,1-2H3;3H,1-2H3. The molecular weight excluding hydrogens is 1000 g/mol. The molecule has 2 unspecified atom stereocenters. The molecule has 0 saturated carbocycles. The van der Waals surface area contributed by atoms with Crippen molar-refractivity contribution in [2.24, 2.45) is 0 Å². The normalized spacial score (nSPS) is 17.2. The number of nitrogens with zero attached hydrogens (tertiary/aromatic N) is 10. The van der Waals surface area contributed by atoms with Gasteiger partial charge in [-0.15, -0.1) is 25.5 Å². The second-order valence-corrected chi connectivity index (χ2v) is 18.5. The minimum atomic E-state index is -0.712. The molecule has 2 atom stereocenters. The number of ketones is 2. The summed E-state index contributed by atoms with van der Waals surface area (Å²) < 4.78 is 16.7. The molecule has 0 bridgehead atoms. The van der Waals surface area contributed by atoms with E-state index in [0.29, 0.717) is 76.1 Å². The number of aromatic nitrogens is 10. The molecule has 0 spiro atoms. The quantitative estimate of drug-likeness (QED) is 0.148. The fourth-order valence-corrected chi connectivity index (χ4v) is 8.62. The van der Waals surface area contributed by atoms with Crippen molar-refractivity contribution in [2.75, 3.05) is 21.3 Å². The van der Waals surface area contributed by atoms with Crippen LogP contribution in [0.25, 0.3) is 0 Å². The van der Waals surface area contributed by atoms with Crippen molar-refractivity contribution in [3.05, 3.63) is 129 Å². The molecule has 0 amide bonds. The molecule has 8 rings (SSSR count). The van der Waals surface area contributed by atoms with E-state index < -0.39 is 10.8 Å². The SMILES string of the molecule is COc1cc(C)c(Br)nn1.COc1cc(C)c(C2(C)CCc3nc(Cl)cc(C)c3C2=O)nn1.COc1nnc(C2(C)CCc3nc(Cl)cc(C)c3C2=O)cc1C.Cc1cc(Br)nnc1C. The van der Waals surface area contributed by atoms with Crippen LogP contribution in [-0.4, -0.2) is 83.7 Å². The highest BCUT2D eigenvalue weighted by atomic mass is 79.9. The number of fused-ring (bicyclic) bond motifs is 2. The predicted octanol–water partition coefficient (Wildman–Crippen LogP) is 9.89. The van der Waals surface area contributed by atoms with Crippen LogP contribution in [0.4, 0.5) is 0 Å². The van der Waals surface area contributed by atoms with E-state index in [0.717, 1.165) is 59.7 Å². The number of rotatable bonds is 5. The summed E-state index contributed by atoms with van der Waals surface area (Å²) in [5.41, 5.74) is 9.47. The highest BCUT2D eigenvalue weighted by Gasteiger charge is 2.45. The first-order chi connectivity index (χ1) is 30.7. The van der Waals surface area contributed by atoms with Crippen molar-refractivity contribution in [3.63, 3.8) is 0 Å². The number of hydrogen-bond acceptors (Lipinski definition) is 15. The van der Waals surface area contributed by atoms with Crippen LogP contribution >= 0.6 is 55.1 Å². The molecular formula is C46H50Br2Cl2N10O5. The van der Waals surface area contributed by atoms with Crippen molar-refractivity contribution in [1.29, 1.82) is 0 Å². The molecule has 0 aromatic carbocycles. The van der Waals surface area contributed by atoms with E-state index in [1.807, 2.05) is 86.6 Å². The number of Topliss-reactive ketones (excluding diaryl/α,β-unsaturated/α-hetero) is 2. The summed E-state index contributed by atoms with van der Waals surface area (Å²) in [6.07, 6.45) is 2.64. The van der Waals surface area contributed by atoms with E-state index in [1.165, 1.54) is 0 Å². The highest BCUT2D eigenvalue weighted by molar-refractivity contribution is 9.10. The molecule has 19 heteroatoms. The predicted molar refractivity (Wildman–Crippen MR) is 255 cm³/mol. The van der Waals surface area contributed by atoms with E-state index in [9.17, 15) is 9.59 Å². The smallest absolute Gasteiger partial charge is 0.236 e. The molecule has 0 fully saturated rings. The number of aryl methyl sites for hydroxylation is 9. The molecule has 6 aromatic heterocycles. The van der Waals surface area contributed by atoms with Gasteiger partial charge in [0.25, 0.3) is 0 Å². The van der Waals surface area contributed by atoms with E-state index >= 15 is 0 Å². The summed E-state index contributed by atoms with van der Waals surface area (Å²) in [7, 11) is 4.67. The largest absolute Gasteiger partial charge is 0.480 e. The number of methoxy groups -OCH3 is 3. The molecule has 342 valence electrons. The average molecular weight is 1050 g/mol. The summed E-state index contributed by atoms with van der Waals surface area (Å²) >= 11 is 18.5. The Balaban J connectivity index is 0.000000176. The van der Waals surface area contributed by atoms with Gasteiger partial charge < -0.3 is 14.2 Å². The molecule has 2 aliphatic carbocycles. The van der Waals surface area contributed by atoms with Gasteiger partial charge in [0, 0.05) is 28.8 Å². The number of pyridine rings is 2. The molecule has 0 saturated heterocycles. The number of halogens is 4. The Morgan fingerprint density at radius 2 is 1.06 bits per heavy atom. The lowest BCUT2D eigenvalue weighted by atomic mass is 9.69. The van der Waals surface area contributed by atoms with Crippen LogP contribution in [0.3, 0.4) is 0 Å². The van der Waals surface area contributed by atoms with Gasteiger partial charge in [0.15, 0.2) is 11.6 Å². The van der Waals surface area contributed by atoms with Crippen molar-refractivity contribution in [3.8, 4) is 17.6 Å². The molecule has 65 heavy (non-hydrogen) atoms. The first-order valence-corrected chi connectivity index (χ1v) is 22.7. The second kappa shape index (κ2) is 21.5. The summed E-state index contributed by atoms with van der Waals surface area (Å²) in [6.45, 7) is 17.3. The van der Waals surface area contributed by atoms with Gasteiger partial charge in [-0.3, -0.25) is 9.59 Å². The summed E-state index contributed by atoms with van der Waals surface area (Å²) in [6, 6.07) is 10.9. The average Bonchev–Trinajstić information content (AvgIpc) is 3.26. The Hall–Kier alpha value is -5.10. The maximum absolute atomic E-state index is 13.2. The van der Waals surface area contributed by atoms with Crippen LogP contribution < -0.4 is 14.2 Å². The van der Waals surface area contributed by atoms with Crippen molar-refractivity contribution >= 4 is 66.6 Å². The summed E-state index contributed by atoms with van der Waals surface area (Å²) in [4.78, 5) is 35.0. The Morgan fingerprint density at radius 3 is 1.54 bits per heavy atom. The van der Waals surface area contributed by atoms with Crippen molar-refractivity contribution in [1.82, 2.24) is 50.8 Å². The van der Waals surface area contributed by atoms with Gasteiger partial charge in [0.05, 0.1) is 60.6 Å². The Morgan fingerprint density at radius 1 is 0.538 bits per heavy atom. The van der Waals surface area contributed by atoms with Gasteiger partial charge in [0.2, 0.25) is 17.6 Å². The zero-order valence-corrected chi connectivity index (χ0v) is 43.0. The van der Waals surface area contributed by atoms with Crippen LogP contribution in [0, 0.1) is 48.5 Å². The van der Waals surface area contributed by atoms with Crippen LogP contribution in [0.1, 0.15) is 109 Å². The summed E-state index contributed by atoms with van der Waals surface area (Å²) in [5.74, 6) is 1.52. The number of hydrogen-bond donors (Lipinski definition) is 0. The van der Waals surface area contributed by atoms with E-state index in [1.54, 1.807) is 33.5 Å². The van der Waals surface area contributed by atoms with Crippen molar-refractivity contribution < 1.29 is 23.8 Å². The molecule has 6 aromatic rings. The molecule has 6 heterocycles. The highest BCUT2D eigenvalue weighted by Crippen LogP contribution is 2.41. The molecule has 2 aliphatic rings. The molecule has 0 N–H and O–H groups in total. The van der Waals surface area contributed by atoms with Gasteiger partial charge in [-0.05, 0) is 172 Å². The number of carbonyl (C=O) groups excluding carboxylic acids is 2. The van der Waals surface area contributed by atoms with E-state index in [2.05, 4.69) is 82.6 Å². The van der Waals surface area contributed by atoms with Crippen LogP contribution in [-0.2, 0) is 23.7 Å². The lowest BCUT2D eigenvalue weighted by Gasteiger charge is -2.33. The Kier molecular flexibility index (Phi) is 16.8. The zero-order chi connectivity index (χ0) is 48.0. The topological polar surface area (TPSA) is 191 Å². The maximum Gasteiger partial charge on any atom is 0.236 e. The molecule has 0 radical (unpaired) electrons. The fraction of sp³-hybridized carbons (Fsp3) is 0.391. The second-order valence-electron chi connectivity index (χ2n) is 16.1. The molecule has 15 nitrogen and oxygen atoms in total. The first-order valence-electron chi connectivity index (χ1n) is 20.4. The van der Waals surface area contributed by atoms with Gasteiger partial charge in [0.1, 0.15) is 19.5 Å². The molecule has 0 aliphatic heterocycles. The van der Waals surface area contributed by atoms with Crippen LogP contribution in [0.2, 0.25) is 10.3 Å². The van der Waals surface area contributed by atoms with Crippen molar-refractivity contribution in [2.45, 2.75) is 98.8 Å². The van der Waals surface area contributed by atoms with Crippen LogP contribution in [0.5, 0.6) is 17.6 Å². The van der Waals surface area contributed by atoms with Gasteiger partial charge >= 0.3 is 0 Å². The van der Waals surface area contributed by atoms with Gasteiger partial charge in [-0.2, -0.15) is 15.3 Å². The monoisotopic (exact) mass is 1050 g/mol. The van der Waals surface area contributed by atoms with E-state index in [4.69, 9.17) is 37.4 Å². The van der Waals surface area contributed by atoms with Crippen LogP contribution in [0.15, 0.2) is 45.6 Å². The maximum atomic E-state index is 13.2. The Bertz CT molecular complexity index is 2770. The minimum absolute atomic E-state index is 0.0271. The first kappa shape index (κ1) is 50.9. The third kappa shape index (κ3) is 11.5. The lowest BCUT2D eigenvalue weighted by molar-refractivity contribution is 0.0861. The minimum Gasteiger partial charge on any atom is -0.480 e. The number of carbonyl (C=O) groups is 2. The van der Waals surface area contributed by atoms with E-state index in [-0.39, 0.29) is 11.6 Å². The number of ether oxygens (including phenoxy) is 3. The van der Waals surface area contributed by atoms with Gasteiger partial charge in [-0.1, -0.05) is 23.2 Å². The van der Waals surface area contributed by atoms with Gasteiger partial charge in [-0.25, -0.2) is 9.97 Å². The Labute approximate surface area is 405 Å². The zero-order valence-electron chi connectivity index (χ0n) is 38.3. The third-order valence-corrected chi connectivity index (χ3v) is 13.0. The third-order valence-electron chi connectivity index (χ3n) is 11.4.